The Bertz CT molecular complexity index is 794. The molecule has 3 heterocycles. The molecule has 1 aromatic rings. The van der Waals surface area contributed by atoms with Crippen LogP contribution in [0.5, 0.6) is 11.5 Å². The maximum absolute atomic E-state index is 12.8. The molecule has 2 saturated heterocycles. The van der Waals surface area contributed by atoms with E-state index in [4.69, 9.17) is 14.7 Å². The highest BCUT2D eigenvalue weighted by Gasteiger charge is 2.61. The summed E-state index contributed by atoms with van der Waals surface area (Å²) in [5, 5.41) is 9.85. The number of carbonyl (C=O) groups excluding carboxylic acids is 2. The number of fused-ring (bicyclic) bond motifs is 2. The molecule has 2 fully saturated rings. The van der Waals surface area contributed by atoms with E-state index >= 15 is 0 Å². The van der Waals surface area contributed by atoms with Crippen LogP contribution in [0.25, 0.3) is 0 Å². The number of hydrogen-bond donors (Lipinski definition) is 1. The minimum Gasteiger partial charge on any atom is -0.486 e. The van der Waals surface area contributed by atoms with Gasteiger partial charge < -0.3 is 19.7 Å². The molecule has 0 saturated carbocycles. The maximum atomic E-state index is 12.8. The average molecular weight is 389 g/mol. The van der Waals surface area contributed by atoms with Gasteiger partial charge in [-0.2, -0.15) is 5.26 Å². The van der Waals surface area contributed by atoms with Crippen LogP contribution in [0, 0.1) is 11.3 Å². The topological polar surface area (TPSA) is 91.7 Å². The Balaban J connectivity index is 0.000000659. The van der Waals surface area contributed by atoms with Gasteiger partial charge >= 0.3 is 0 Å². The lowest BCUT2D eigenvalue weighted by Crippen LogP contribution is -2.50. The molecule has 7 nitrogen and oxygen atoms in total. The van der Waals surface area contributed by atoms with Crippen LogP contribution < -0.4 is 14.8 Å². The number of ether oxygens (including phenoxy) is 2. The van der Waals surface area contributed by atoms with Crippen molar-refractivity contribution in [3.05, 3.63) is 23.8 Å². The van der Waals surface area contributed by atoms with Gasteiger partial charge in [-0.1, -0.05) is 6.07 Å². The second-order valence-corrected chi connectivity index (χ2v) is 8.13. The van der Waals surface area contributed by atoms with Gasteiger partial charge in [-0.25, -0.2) is 0 Å². The second-order valence-electron chi connectivity index (χ2n) is 6.51. The fourth-order valence-corrected chi connectivity index (χ4v) is 5.45. The van der Waals surface area contributed by atoms with Crippen LogP contribution in [-0.4, -0.2) is 47.1 Å². The summed E-state index contributed by atoms with van der Waals surface area (Å²) in [5.41, 5.74) is 0.994. The molecule has 3 unspecified atom stereocenters. The van der Waals surface area contributed by atoms with Gasteiger partial charge in [-0.05, 0) is 37.5 Å². The van der Waals surface area contributed by atoms with Crippen LogP contribution in [0.2, 0.25) is 0 Å². The predicted molar refractivity (Wildman–Crippen MR) is 101 cm³/mol. The lowest BCUT2D eigenvalue weighted by molar-refractivity contribution is -0.139. The Morgan fingerprint density at radius 3 is 2.70 bits per heavy atom. The van der Waals surface area contributed by atoms with Crippen LogP contribution in [0.15, 0.2) is 18.2 Å². The molecule has 0 aliphatic carbocycles. The van der Waals surface area contributed by atoms with Gasteiger partial charge in [0.2, 0.25) is 5.91 Å². The number of thioether (sulfide) groups is 1. The number of amides is 2. The van der Waals surface area contributed by atoms with Crippen molar-refractivity contribution in [3.63, 3.8) is 0 Å². The molecule has 0 bridgehead atoms. The van der Waals surface area contributed by atoms with E-state index in [2.05, 4.69) is 5.32 Å². The number of carbonyl (C=O) groups is 2. The first-order valence-electron chi connectivity index (χ1n) is 8.92. The lowest BCUT2D eigenvalue weighted by atomic mass is 10.0. The van der Waals surface area contributed by atoms with Crippen molar-refractivity contribution in [3.8, 4) is 17.6 Å². The van der Waals surface area contributed by atoms with Crippen LogP contribution in [0.1, 0.15) is 38.3 Å². The molecule has 27 heavy (non-hydrogen) atoms. The number of benzene rings is 1. The van der Waals surface area contributed by atoms with Crippen LogP contribution in [0.3, 0.4) is 0 Å². The highest BCUT2D eigenvalue weighted by Crippen LogP contribution is 2.55. The molecule has 1 aromatic carbocycles. The summed E-state index contributed by atoms with van der Waals surface area (Å²) in [7, 11) is 1.63. The van der Waals surface area contributed by atoms with Gasteiger partial charge in [-0.15, -0.1) is 11.8 Å². The third-order valence-electron chi connectivity index (χ3n) is 4.95. The highest BCUT2D eigenvalue weighted by molar-refractivity contribution is 8.03. The molecule has 3 aliphatic heterocycles. The standard InChI is InChI=1S/C17H20N2O4S.C2H3N/c1-10-15(20)19-12(5-6-17(19,24-10)16(21)18-2)11-3-4-13-14(9-11)23-8-7-22-13;1-2-3/h3-4,9-10,12H,5-8H2,1-2H3,(H,18,21);1H3. The van der Waals surface area contributed by atoms with Gasteiger partial charge in [0.25, 0.3) is 5.91 Å². The minimum absolute atomic E-state index is 0.0287. The van der Waals surface area contributed by atoms with Crippen molar-refractivity contribution in [1.29, 1.82) is 5.26 Å². The van der Waals surface area contributed by atoms with Crippen molar-refractivity contribution >= 4 is 23.6 Å². The Morgan fingerprint density at radius 2 is 2.04 bits per heavy atom. The average Bonchev–Trinajstić information content (AvgIpc) is 3.17. The quantitative estimate of drug-likeness (QED) is 0.834. The van der Waals surface area contributed by atoms with Crippen molar-refractivity contribution in [2.24, 2.45) is 0 Å². The second kappa shape index (κ2) is 7.69. The fourth-order valence-electron chi connectivity index (χ4n) is 3.87. The number of nitriles is 1. The molecule has 3 atom stereocenters. The number of rotatable bonds is 2. The third kappa shape index (κ3) is 3.21. The van der Waals surface area contributed by atoms with Crippen molar-refractivity contribution in [1.82, 2.24) is 10.2 Å². The smallest absolute Gasteiger partial charge is 0.256 e. The zero-order valence-corrected chi connectivity index (χ0v) is 16.5. The molecular formula is C19H23N3O4S. The van der Waals surface area contributed by atoms with E-state index in [0.29, 0.717) is 25.4 Å². The summed E-state index contributed by atoms with van der Waals surface area (Å²) in [6.45, 7) is 4.38. The zero-order chi connectivity index (χ0) is 19.6. The van der Waals surface area contributed by atoms with Crippen molar-refractivity contribution < 1.29 is 19.1 Å². The number of hydrogen-bond acceptors (Lipinski definition) is 6. The minimum atomic E-state index is -0.789. The third-order valence-corrected chi connectivity index (χ3v) is 6.48. The Kier molecular flexibility index (Phi) is 5.51. The van der Waals surface area contributed by atoms with Gasteiger partial charge in [0.15, 0.2) is 16.4 Å². The SMILES string of the molecule is CC#N.CNC(=O)C12CCC(c3ccc4c(c3)OCCO4)N1C(=O)C(C)S2. The van der Waals surface area contributed by atoms with Crippen molar-refractivity contribution in [2.45, 2.75) is 42.9 Å². The van der Waals surface area contributed by atoms with Crippen LogP contribution in [-0.2, 0) is 9.59 Å². The monoisotopic (exact) mass is 389 g/mol. The van der Waals surface area contributed by atoms with Gasteiger partial charge in [-0.3, -0.25) is 9.59 Å². The molecule has 0 spiro atoms. The van der Waals surface area contributed by atoms with E-state index in [1.54, 1.807) is 18.0 Å². The van der Waals surface area contributed by atoms with Crippen LogP contribution >= 0.6 is 11.8 Å². The predicted octanol–water partition coefficient (Wildman–Crippen LogP) is 2.23. The zero-order valence-electron chi connectivity index (χ0n) is 15.7. The summed E-state index contributed by atoms with van der Waals surface area (Å²) in [4.78, 5) is 26.3. The van der Waals surface area contributed by atoms with E-state index in [9.17, 15) is 9.59 Å². The first-order valence-corrected chi connectivity index (χ1v) is 9.80. The first-order chi connectivity index (χ1) is 13.0. The number of nitrogens with one attached hydrogen (secondary N) is 1. The molecule has 144 valence electrons. The van der Waals surface area contributed by atoms with E-state index in [-0.39, 0.29) is 23.1 Å². The van der Waals surface area contributed by atoms with Gasteiger partial charge in [0, 0.05) is 14.0 Å². The van der Waals surface area contributed by atoms with Crippen LogP contribution in [0.4, 0.5) is 0 Å². The largest absolute Gasteiger partial charge is 0.486 e. The lowest BCUT2D eigenvalue weighted by Gasteiger charge is -2.32. The summed E-state index contributed by atoms with van der Waals surface area (Å²) in [5.74, 6) is 1.38. The number of likely N-dealkylation sites (N-methyl/N-ethyl adjacent to an activating group) is 1. The summed E-state index contributed by atoms with van der Waals surface area (Å²) >= 11 is 1.46. The van der Waals surface area contributed by atoms with Gasteiger partial charge in [0.05, 0.1) is 17.4 Å². The highest BCUT2D eigenvalue weighted by atomic mass is 32.2. The normalized spacial score (nSPS) is 27.9. The molecular weight excluding hydrogens is 366 g/mol. The number of nitrogens with zero attached hydrogens (tertiary/aromatic N) is 2. The van der Waals surface area contributed by atoms with E-state index < -0.39 is 4.87 Å². The Morgan fingerprint density at radius 1 is 1.37 bits per heavy atom. The van der Waals surface area contributed by atoms with E-state index in [1.807, 2.05) is 25.1 Å². The summed E-state index contributed by atoms with van der Waals surface area (Å²) < 4.78 is 11.2. The molecule has 3 aliphatic rings. The molecule has 2 amide bonds. The maximum Gasteiger partial charge on any atom is 0.256 e. The fraction of sp³-hybridized carbons (Fsp3) is 0.526. The molecule has 1 N–H and O–H groups in total. The molecule has 0 radical (unpaired) electrons. The summed E-state index contributed by atoms with van der Waals surface area (Å²) in [6.07, 6.45) is 1.42. The van der Waals surface area contributed by atoms with Crippen molar-refractivity contribution in [2.75, 3.05) is 20.3 Å². The molecule has 4 rings (SSSR count). The first kappa shape index (κ1) is 19.4. The van der Waals surface area contributed by atoms with Gasteiger partial charge in [0.1, 0.15) is 13.2 Å². The summed E-state index contributed by atoms with van der Waals surface area (Å²) in [6, 6.07) is 7.45. The van der Waals surface area contributed by atoms with E-state index in [1.165, 1.54) is 18.7 Å². The Labute approximate surface area is 163 Å². The van der Waals surface area contributed by atoms with E-state index in [0.717, 1.165) is 17.7 Å². The molecule has 8 heteroatoms. The Hall–Kier alpha value is -2.40. The molecule has 0 aromatic heterocycles.